The third kappa shape index (κ3) is 8.42. The summed E-state index contributed by atoms with van der Waals surface area (Å²) in [4.78, 5) is 10.9. The molecule has 0 rings (SSSR count). The second kappa shape index (κ2) is 9.96. The Morgan fingerprint density at radius 2 is 1.87 bits per heavy atom. The predicted molar refractivity (Wildman–Crippen MR) is 62.5 cm³/mol. The van der Waals surface area contributed by atoms with Crippen LogP contribution in [0.4, 0.5) is 0 Å². The Bertz CT molecular complexity index is 207. The van der Waals surface area contributed by atoms with Gasteiger partial charge in [0.25, 0.3) is 0 Å². The number of nitrogens with zero attached hydrogens (tertiary/aromatic N) is 1. The molecule has 0 heterocycles. The van der Waals surface area contributed by atoms with Crippen molar-refractivity contribution in [1.29, 1.82) is 0 Å². The molecule has 0 spiro atoms. The zero-order valence-corrected chi connectivity index (χ0v) is 10.6. The van der Waals surface area contributed by atoms with Gasteiger partial charge in [-0.05, 0) is 22.4 Å². The highest BCUT2D eigenvalue weighted by Gasteiger charge is 2.08. The first-order chi connectivity index (χ1) is 7.22. The SMILES string of the molecule is CCCCCCCCOC(=O)/C(Br)=N\O. The van der Waals surface area contributed by atoms with Gasteiger partial charge in [-0.15, -0.1) is 0 Å². The standard InChI is InChI=1S/C10H18BrNO3/c1-2-3-4-5-6-7-8-15-10(13)9(11)12-14/h14H,2-8H2,1H3/b12-9+. The quantitative estimate of drug-likeness (QED) is 0.244. The Labute approximate surface area is 98.8 Å². The van der Waals surface area contributed by atoms with Crippen molar-refractivity contribution in [1.82, 2.24) is 0 Å². The van der Waals surface area contributed by atoms with Crippen molar-refractivity contribution in [3.63, 3.8) is 0 Å². The lowest BCUT2D eigenvalue weighted by molar-refractivity contribution is -0.135. The largest absolute Gasteiger partial charge is 0.460 e. The first-order valence-corrected chi connectivity index (χ1v) is 6.06. The molecule has 88 valence electrons. The van der Waals surface area contributed by atoms with Crippen LogP contribution in [0.3, 0.4) is 0 Å². The van der Waals surface area contributed by atoms with E-state index in [9.17, 15) is 4.79 Å². The molecule has 15 heavy (non-hydrogen) atoms. The molecular weight excluding hydrogens is 262 g/mol. The fourth-order valence-corrected chi connectivity index (χ4v) is 1.26. The molecule has 4 nitrogen and oxygen atoms in total. The van der Waals surface area contributed by atoms with Crippen LogP contribution in [0.2, 0.25) is 0 Å². The summed E-state index contributed by atoms with van der Waals surface area (Å²) in [5, 5.41) is 10.9. The maximum atomic E-state index is 10.9. The Morgan fingerprint density at radius 1 is 1.27 bits per heavy atom. The Balaban J connectivity index is 3.28. The zero-order chi connectivity index (χ0) is 11.5. The van der Waals surface area contributed by atoms with E-state index in [4.69, 9.17) is 9.94 Å². The Kier molecular flexibility index (Phi) is 9.57. The topological polar surface area (TPSA) is 58.9 Å². The second-order valence-electron chi connectivity index (χ2n) is 3.29. The van der Waals surface area contributed by atoms with Crippen LogP contribution in [0.5, 0.6) is 0 Å². The van der Waals surface area contributed by atoms with Gasteiger partial charge in [-0.3, -0.25) is 0 Å². The van der Waals surface area contributed by atoms with Crippen LogP contribution in [0.25, 0.3) is 0 Å². The molecule has 0 aliphatic rings. The molecule has 0 saturated carbocycles. The maximum absolute atomic E-state index is 10.9. The Hall–Kier alpha value is -0.580. The van der Waals surface area contributed by atoms with E-state index in [0.717, 1.165) is 12.8 Å². The van der Waals surface area contributed by atoms with Crippen LogP contribution in [0, 0.1) is 0 Å². The van der Waals surface area contributed by atoms with Crippen LogP contribution in [0.1, 0.15) is 45.4 Å². The highest BCUT2D eigenvalue weighted by atomic mass is 79.9. The lowest BCUT2D eigenvalue weighted by Gasteiger charge is -2.02. The van der Waals surface area contributed by atoms with Crippen molar-refractivity contribution < 1.29 is 14.7 Å². The molecule has 0 aromatic carbocycles. The number of halogens is 1. The molecule has 0 fully saturated rings. The molecule has 0 aliphatic heterocycles. The minimum absolute atomic E-state index is 0.187. The molecular formula is C10H18BrNO3. The monoisotopic (exact) mass is 279 g/mol. The summed E-state index contributed by atoms with van der Waals surface area (Å²) < 4.78 is 4.64. The highest BCUT2D eigenvalue weighted by Crippen LogP contribution is 2.05. The first kappa shape index (κ1) is 14.4. The van der Waals surface area contributed by atoms with Crippen LogP contribution in [-0.4, -0.2) is 22.4 Å². The van der Waals surface area contributed by atoms with Gasteiger partial charge < -0.3 is 9.94 Å². The van der Waals surface area contributed by atoms with E-state index in [1.807, 2.05) is 0 Å². The van der Waals surface area contributed by atoms with Crippen LogP contribution in [-0.2, 0) is 9.53 Å². The van der Waals surface area contributed by atoms with Crippen molar-refractivity contribution in [2.45, 2.75) is 45.4 Å². The van der Waals surface area contributed by atoms with E-state index in [2.05, 4.69) is 28.0 Å². The summed E-state index contributed by atoms with van der Waals surface area (Å²) in [7, 11) is 0. The summed E-state index contributed by atoms with van der Waals surface area (Å²) in [6.45, 7) is 2.56. The minimum atomic E-state index is -0.619. The summed E-state index contributed by atoms with van der Waals surface area (Å²) in [5.74, 6) is -0.619. The predicted octanol–water partition coefficient (Wildman–Crippen LogP) is 3.07. The van der Waals surface area contributed by atoms with Gasteiger partial charge in [-0.2, -0.15) is 0 Å². The highest BCUT2D eigenvalue weighted by molar-refractivity contribution is 9.19. The van der Waals surface area contributed by atoms with Crippen molar-refractivity contribution >= 4 is 26.5 Å². The van der Waals surface area contributed by atoms with Gasteiger partial charge in [0.15, 0.2) is 0 Å². The normalized spacial score (nSPS) is 11.5. The molecule has 0 aliphatic carbocycles. The van der Waals surface area contributed by atoms with Gasteiger partial charge in [-0.1, -0.05) is 44.2 Å². The van der Waals surface area contributed by atoms with E-state index in [1.54, 1.807) is 0 Å². The van der Waals surface area contributed by atoms with Crippen LogP contribution < -0.4 is 0 Å². The van der Waals surface area contributed by atoms with E-state index in [0.29, 0.717) is 6.61 Å². The van der Waals surface area contributed by atoms with Gasteiger partial charge in [-0.25, -0.2) is 4.79 Å². The van der Waals surface area contributed by atoms with Gasteiger partial charge in [0.1, 0.15) is 0 Å². The second-order valence-corrected chi connectivity index (χ2v) is 4.05. The lowest BCUT2D eigenvalue weighted by atomic mass is 10.1. The number of carbonyl (C=O) groups is 1. The van der Waals surface area contributed by atoms with Crippen molar-refractivity contribution in [2.75, 3.05) is 6.61 Å². The number of ether oxygens (including phenoxy) is 1. The molecule has 0 atom stereocenters. The molecule has 0 bridgehead atoms. The summed E-state index contributed by atoms with van der Waals surface area (Å²) >= 11 is 2.77. The van der Waals surface area contributed by atoms with E-state index >= 15 is 0 Å². The lowest BCUT2D eigenvalue weighted by Crippen LogP contribution is -2.12. The van der Waals surface area contributed by atoms with Crippen molar-refractivity contribution in [2.24, 2.45) is 5.16 Å². The number of oxime groups is 1. The van der Waals surface area contributed by atoms with Gasteiger partial charge in [0.05, 0.1) is 6.61 Å². The number of esters is 1. The van der Waals surface area contributed by atoms with Gasteiger partial charge >= 0.3 is 5.97 Å². The minimum Gasteiger partial charge on any atom is -0.460 e. The summed E-state index contributed by atoms with van der Waals surface area (Å²) in [5.41, 5.74) is 0. The number of rotatable bonds is 8. The molecule has 0 amide bonds. The van der Waals surface area contributed by atoms with Crippen LogP contribution in [0.15, 0.2) is 5.16 Å². The van der Waals surface area contributed by atoms with E-state index in [-0.39, 0.29) is 4.62 Å². The number of hydrogen-bond acceptors (Lipinski definition) is 4. The number of unbranched alkanes of at least 4 members (excludes halogenated alkanes) is 5. The number of carbonyl (C=O) groups excluding carboxylic acids is 1. The molecule has 0 saturated heterocycles. The average molecular weight is 280 g/mol. The van der Waals surface area contributed by atoms with E-state index < -0.39 is 5.97 Å². The Morgan fingerprint density at radius 3 is 2.47 bits per heavy atom. The van der Waals surface area contributed by atoms with E-state index in [1.165, 1.54) is 25.7 Å². The van der Waals surface area contributed by atoms with Gasteiger partial charge in [0, 0.05) is 0 Å². The van der Waals surface area contributed by atoms with Gasteiger partial charge in [0.2, 0.25) is 4.62 Å². The van der Waals surface area contributed by atoms with Crippen molar-refractivity contribution in [3.8, 4) is 0 Å². The fourth-order valence-electron chi connectivity index (χ4n) is 1.15. The molecule has 0 aromatic rings. The number of hydrogen-bond donors (Lipinski definition) is 1. The molecule has 0 radical (unpaired) electrons. The molecule has 0 aromatic heterocycles. The molecule has 5 heteroatoms. The van der Waals surface area contributed by atoms with Crippen molar-refractivity contribution in [3.05, 3.63) is 0 Å². The summed E-state index contributed by atoms with van der Waals surface area (Å²) in [6, 6.07) is 0. The third-order valence-corrected chi connectivity index (χ3v) is 2.47. The molecule has 1 N–H and O–H groups in total. The van der Waals surface area contributed by atoms with Crippen LogP contribution >= 0.6 is 15.9 Å². The first-order valence-electron chi connectivity index (χ1n) is 5.27. The fraction of sp³-hybridized carbons (Fsp3) is 0.800. The maximum Gasteiger partial charge on any atom is 0.367 e. The third-order valence-electron chi connectivity index (χ3n) is 1.99. The summed E-state index contributed by atoms with van der Waals surface area (Å²) in [6.07, 6.45) is 6.85. The molecule has 0 unspecified atom stereocenters. The average Bonchev–Trinajstić information content (AvgIpc) is 2.26. The zero-order valence-electron chi connectivity index (χ0n) is 9.04. The smallest absolute Gasteiger partial charge is 0.367 e.